The van der Waals surface area contributed by atoms with Crippen LogP contribution < -0.4 is 0 Å². The molecule has 118 valence electrons. The fourth-order valence-electron chi connectivity index (χ4n) is 2.32. The number of hydroxylamine groups is 2. The van der Waals surface area contributed by atoms with Gasteiger partial charge in [0.15, 0.2) is 0 Å². The summed E-state index contributed by atoms with van der Waals surface area (Å²) in [6.45, 7) is 6.43. The molecule has 0 unspecified atom stereocenters. The van der Waals surface area contributed by atoms with Crippen molar-refractivity contribution < 1.29 is 19.2 Å². The Morgan fingerprint density at radius 3 is 2.09 bits per heavy atom. The van der Waals surface area contributed by atoms with Crippen LogP contribution in [0.1, 0.15) is 67.2 Å². The van der Waals surface area contributed by atoms with E-state index in [2.05, 4.69) is 20.8 Å². The zero-order valence-corrected chi connectivity index (χ0v) is 13.2. The zero-order chi connectivity index (χ0) is 16.3. The average Bonchev–Trinajstić information content (AvgIpc) is 2.68. The zero-order valence-electron chi connectivity index (χ0n) is 13.2. The number of hydrogen-bond donors (Lipinski definition) is 0. The normalized spacial score (nSPS) is 14.2. The standard InChI is InChI=1S/C17H21NO4/c1-17(2,3)11-7-6-10-14(19)22-18-15(20)12-8-4-5-9-13(12)16(18)21/h4-5,8-9H,6-7,10-11H2,1-3H3. The van der Waals surface area contributed by atoms with Crippen LogP contribution in [0.15, 0.2) is 24.3 Å². The molecule has 0 spiro atoms. The highest BCUT2D eigenvalue weighted by Gasteiger charge is 2.38. The van der Waals surface area contributed by atoms with Crippen LogP contribution >= 0.6 is 0 Å². The summed E-state index contributed by atoms with van der Waals surface area (Å²) in [6.07, 6.45) is 2.79. The van der Waals surface area contributed by atoms with Gasteiger partial charge < -0.3 is 4.84 Å². The van der Waals surface area contributed by atoms with E-state index in [1.165, 1.54) is 0 Å². The number of imide groups is 1. The van der Waals surface area contributed by atoms with Crippen LogP contribution in [0.5, 0.6) is 0 Å². The number of hydrogen-bond acceptors (Lipinski definition) is 4. The topological polar surface area (TPSA) is 63.7 Å². The molecular weight excluding hydrogens is 282 g/mol. The highest BCUT2D eigenvalue weighted by Crippen LogP contribution is 2.24. The van der Waals surface area contributed by atoms with Gasteiger partial charge in [-0.15, -0.1) is 0 Å². The van der Waals surface area contributed by atoms with E-state index in [-0.39, 0.29) is 23.0 Å². The quantitative estimate of drug-likeness (QED) is 0.618. The van der Waals surface area contributed by atoms with E-state index >= 15 is 0 Å². The Bertz CT molecular complexity index is 566. The van der Waals surface area contributed by atoms with E-state index in [1.54, 1.807) is 24.3 Å². The van der Waals surface area contributed by atoms with Gasteiger partial charge in [0.1, 0.15) is 0 Å². The molecule has 2 amide bonds. The summed E-state index contributed by atoms with van der Waals surface area (Å²) < 4.78 is 0. The highest BCUT2D eigenvalue weighted by atomic mass is 16.7. The maximum Gasteiger partial charge on any atom is 0.333 e. The van der Waals surface area contributed by atoms with E-state index in [9.17, 15) is 14.4 Å². The van der Waals surface area contributed by atoms with Gasteiger partial charge in [-0.25, -0.2) is 4.79 Å². The van der Waals surface area contributed by atoms with E-state index in [0.29, 0.717) is 11.5 Å². The van der Waals surface area contributed by atoms with E-state index < -0.39 is 17.8 Å². The Morgan fingerprint density at radius 1 is 1.05 bits per heavy atom. The second kappa shape index (κ2) is 6.30. The SMILES string of the molecule is CC(C)(C)CCCCC(=O)ON1C(=O)c2ccccc2C1=O. The first-order valence-electron chi connectivity index (χ1n) is 7.48. The predicted molar refractivity (Wildman–Crippen MR) is 81.0 cm³/mol. The van der Waals surface area contributed by atoms with Gasteiger partial charge in [-0.2, -0.15) is 0 Å². The summed E-state index contributed by atoms with van der Waals surface area (Å²) >= 11 is 0. The fraction of sp³-hybridized carbons (Fsp3) is 0.471. The molecule has 0 radical (unpaired) electrons. The van der Waals surface area contributed by atoms with Crippen molar-refractivity contribution in [2.24, 2.45) is 5.41 Å². The Labute approximate surface area is 130 Å². The molecule has 0 saturated carbocycles. The molecule has 22 heavy (non-hydrogen) atoms. The smallest absolute Gasteiger partial charge is 0.330 e. The van der Waals surface area contributed by atoms with Crippen molar-refractivity contribution >= 4 is 17.8 Å². The summed E-state index contributed by atoms with van der Waals surface area (Å²) in [4.78, 5) is 40.8. The molecule has 0 bridgehead atoms. The predicted octanol–water partition coefficient (Wildman–Crippen LogP) is 3.35. The van der Waals surface area contributed by atoms with Crippen molar-refractivity contribution in [2.75, 3.05) is 0 Å². The first-order chi connectivity index (χ1) is 10.3. The maximum absolute atomic E-state index is 12.0. The molecule has 0 atom stereocenters. The molecule has 5 nitrogen and oxygen atoms in total. The molecule has 0 fully saturated rings. The van der Waals surface area contributed by atoms with Gasteiger partial charge in [0.05, 0.1) is 11.1 Å². The molecule has 1 aromatic carbocycles. The number of fused-ring (bicyclic) bond motifs is 1. The monoisotopic (exact) mass is 303 g/mol. The first-order valence-corrected chi connectivity index (χ1v) is 7.48. The van der Waals surface area contributed by atoms with Crippen LogP contribution in [-0.4, -0.2) is 22.8 Å². The van der Waals surface area contributed by atoms with Crippen LogP contribution in [0.25, 0.3) is 0 Å². The van der Waals surface area contributed by atoms with E-state index in [4.69, 9.17) is 4.84 Å². The van der Waals surface area contributed by atoms with Crippen LogP contribution in [0.2, 0.25) is 0 Å². The van der Waals surface area contributed by atoms with Crippen molar-refractivity contribution in [3.05, 3.63) is 35.4 Å². The lowest BCUT2D eigenvalue weighted by molar-refractivity contribution is -0.168. The van der Waals surface area contributed by atoms with Crippen LogP contribution in [-0.2, 0) is 9.63 Å². The van der Waals surface area contributed by atoms with Gasteiger partial charge in [-0.3, -0.25) is 9.59 Å². The third-order valence-corrected chi connectivity index (χ3v) is 3.51. The Balaban J connectivity index is 1.86. The molecule has 1 aliphatic rings. The van der Waals surface area contributed by atoms with Crippen LogP contribution in [0, 0.1) is 5.41 Å². The van der Waals surface area contributed by atoms with Crippen molar-refractivity contribution in [1.82, 2.24) is 5.06 Å². The van der Waals surface area contributed by atoms with Crippen molar-refractivity contribution in [3.8, 4) is 0 Å². The number of carbonyl (C=O) groups is 3. The minimum atomic E-state index is -0.580. The maximum atomic E-state index is 12.0. The van der Waals surface area contributed by atoms with E-state index in [0.717, 1.165) is 12.8 Å². The van der Waals surface area contributed by atoms with Gasteiger partial charge in [0.2, 0.25) is 0 Å². The molecule has 0 aromatic heterocycles. The van der Waals surface area contributed by atoms with Gasteiger partial charge in [-0.05, 0) is 30.4 Å². The molecule has 1 heterocycles. The van der Waals surface area contributed by atoms with Gasteiger partial charge in [0, 0.05) is 6.42 Å². The second-order valence-corrected chi connectivity index (χ2v) is 6.68. The first kappa shape index (κ1) is 16.2. The van der Waals surface area contributed by atoms with Crippen molar-refractivity contribution in [1.29, 1.82) is 0 Å². The van der Waals surface area contributed by atoms with Gasteiger partial charge in [0.25, 0.3) is 11.8 Å². The van der Waals surface area contributed by atoms with Crippen LogP contribution in [0.3, 0.4) is 0 Å². The summed E-state index contributed by atoms with van der Waals surface area (Å²) in [6, 6.07) is 6.43. The minimum Gasteiger partial charge on any atom is -0.330 e. The Kier molecular flexibility index (Phi) is 4.64. The van der Waals surface area contributed by atoms with Gasteiger partial charge >= 0.3 is 5.97 Å². The third-order valence-electron chi connectivity index (χ3n) is 3.51. The summed E-state index contributed by atoms with van der Waals surface area (Å²) in [7, 11) is 0. The lowest BCUT2D eigenvalue weighted by atomic mass is 9.89. The minimum absolute atomic E-state index is 0.198. The van der Waals surface area contributed by atoms with Crippen molar-refractivity contribution in [3.63, 3.8) is 0 Å². The summed E-state index contributed by atoms with van der Waals surface area (Å²) in [5.74, 6) is -1.71. The summed E-state index contributed by atoms with van der Waals surface area (Å²) in [5, 5.41) is 0.566. The Morgan fingerprint density at radius 2 is 1.59 bits per heavy atom. The molecule has 0 N–H and O–H groups in total. The number of unbranched alkanes of at least 4 members (excludes halogenated alkanes) is 1. The largest absolute Gasteiger partial charge is 0.333 e. The molecule has 0 aliphatic carbocycles. The van der Waals surface area contributed by atoms with Crippen LogP contribution in [0.4, 0.5) is 0 Å². The lowest BCUT2D eigenvalue weighted by Crippen LogP contribution is -2.32. The number of nitrogens with zero attached hydrogens (tertiary/aromatic N) is 1. The number of amides is 2. The third kappa shape index (κ3) is 3.72. The molecule has 5 heteroatoms. The molecule has 0 saturated heterocycles. The fourth-order valence-corrected chi connectivity index (χ4v) is 2.32. The second-order valence-electron chi connectivity index (χ2n) is 6.68. The lowest BCUT2D eigenvalue weighted by Gasteiger charge is -2.17. The Hall–Kier alpha value is -2.17. The molecule has 1 aliphatic heterocycles. The molecular formula is C17H21NO4. The van der Waals surface area contributed by atoms with Crippen molar-refractivity contribution in [2.45, 2.75) is 46.5 Å². The highest BCUT2D eigenvalue weighted by molar-refractivity contribution is 6.20. The van der Waals surface area contributed by atoms with Gasteiger partial charge in [-0.1, -0.05) is 44.4 Å². The summed E-state index contributed by atoms with van der Waals surface area (Å²) in [5.41, 5.74) is 0.771. The number of benzene rings is 1. The number of rotatable bonds is 5. The number of carbonyl (C=O) groups excluding carboxylic acids is 3. The molecule has 2 rings (SSSR count). The molecule has 1 aromatic rings. The van der Waals surface area contributed by atoms with E-state index in [1.807, 2.05) is 0 Å². The average molecular weight is 303 g/mol.